The molecule has 4 aromatic rings. The molecule has 2 N–H and O–H groups in total. The Balaban J connectivity index is 1.38. The lowest BCUT2D eigenvalue weighted by Gasteiger charge is -2.11. The maximum absolute atomic E-state index is 12.5. The summed E-state index contributed by atoms with van der Waals surface area (Å²) in [5.74, 6) is 1.64. The van der Waals surface area contributed by atoms with Gasteiger partial charge < -0.3 is 24.8 Å². The van der Waals surface area contributed by atoms with Gasteiger partial charge in [-0.05, 0) is 54.6 Å². The third kappa shape index (κ3) is 6.03. The topological polar surface area (TPSA) is 98.8 Å². The highest BCUT2D eigenvalue weighted by atomic mass is 32.2. The highest BCUT2D eigenvalue weighted by Gasteiger charge is 2.13. The van der Waals surface area contributed by atoms with Gasteiger partial charge in [-0.2, -0.15) is 0 Å². The van der Waals surface area contributed by atoms with Gasteiger partial charge in [0.05, 0.1) is 43.0 Å². The average Bonchev–Trinajstić information content (AvgIpc) is 3.29. The van der Waals surface area contributed by atoms with Gasteiger partial charge in [-0.3, -0.25) is 9.59 Å². The fourth-order valence-corrected chi connectivity index (χ4v) is 5.12. The first-order valence-corrected chi connectivity index (χ1v) is 12.3. The van der Waals surface area contributed by atoms with Crippen LogP contribution in [0.1, 0.15) is 10.4 Å². The molecule has 0 saturated heterocycles. The van der Waals surface area contributed by atoms with Crippen molar-refractivity contribution in [2.24, 2.45) is 0 Å². The van der Waals surface area contributed by atoms with E-state index in [0.717, 1.165) is 14.6 Å². The van der Waals surface area contributed by atoms with E-state index in [1.165, 1.54) is 23.1 Å². The molecule has 0 spiro atoms. The van der Waals surface area contributed by atoms with E-state index in [0.29, 0.717) is 34.2 Å². The van der Waals surface area contributed by atoms with E-state index in [1.54, 1.807) is 69.9 Å². The Morgan fingerprint density at radius 1 is 0.886 bits per heavy atom. The molecular weight excluding hydrogens is 486 g/mol. The number of aromatic nitrogens is 1. The first-order chi connectivity index (χ1) is 17.0. The molecule has 4 rings (SSSR count). The lowest BCUT2D eigenvalue weighted by molar-refractivity contribution is -0.113. The molecule has 3 aromatic carbocycles. The Bertz CT molecular complexity index is 1360. The quantitative estimate of drug-likeness (QED) is 0.295. The fourth-order valence-electron chi connectivity index (χ4n) is 3.21. The first-order valence-electron chi connectivity index (χ1n) is 10.5. The molecule has 0 unspecified atom stereocenters. The molecule has 0 aliphatic heterocycles. The zero-order valence-corrected chi connectivity index (χ0v) is 20.9. The summed E-state index contributed by atoms with van der Waals surface area (Å²) < 4.78 is 17.3. The summed E-state index contributed by atoms with van der Waals surface area (Å²) in [5.41, 5.74) is 2.54. The summed E-state index contributed by atoms with van der Waals surface area (Å²) in [6, 6.07) is 17.6. The van der Waals surface area contributed by atoms with Crippen molar-refractivity contribution in [2.75, 3.05) is 37.7 Å². The van der Waals surface area contributed by atoms with Gasteiger partial charge in [0, 0.05) is 17.3 Å². The van der Waals surface area contributed by atoms with Crippen LogP contribution in [0.25, 0.3) is 10.2 Å². The van der Waals surface area contributed by atoms with Crippen LogP contribution in [0.4, 0.5) is 11.4 Å². The Hall–Kier alpha value is -3.76. The molecule has 0 aliphatic rings. The number of carbonyl (C=O) groups excluding carboxylic acids is 2. The van der Waals surface area contributed by atoms with Gasteiger partial charge in [0.1, 0.15) is 17.2 Å². The summed E-state index contributed by atoms with van der Waals surface area (Å²) in [6.45, 7) is 0. The Labute approximate surface area is 210 Å². The number of thioether (sulfide) groups is 1. The Morgan fingerprint density at radius 2 is 1.63 bits per heavy atom. The van der Waals surface area contributed by atoms with Crippen LogP contribution in [0.15, 0.2) is 65.0 Å². The van der Waals surface area contributed by atoms with Gasteiger partial charge >= 0.3 is 0 Å². The standard InChI is InChI=1S/C25H23N3O5S2/c1-31-17-7-4-15(5-8-17)24(30)26-16-6-10-19-22(12-16)35-25(28-19)34-14-23(29)27-20-13-18(32-2)9-11-21(20)33-3/h4-13H,14H2,1-3H3,(H,26,30)(H,27,29). The normalized spacial score (nSPS) is 10.6. The zero-order valence-electron chi connectivity index (χ0n) is 19.3. The van der Waals surface area contributed by atoms with Crippen molar-refractivity contribution >= 4 is 56.5 Å². The second kappa shape index (κ2) is 11.1. The zero-order chi connectivity index (χ0) is 24.8. The van der Waals surface area contributed by atoms with E-state index < -0.39 is 0 Å². The van der Waals surface area contributed by atoms with Crippen molar-refractivity contribution in [3.05, 3.63) is 66.2 Å². The number of ether oxygens (including phenoxy) is 3. The fraction of sp³-hybridized carbons (Fsp3) is 0.160. The molecule has 0 radical (unpaired) electrons. The van der Waals surface area contributed by atoms with Crippen LogP contribution >= 0.6 is 23.1 Å². The van der Waals surface area contributed by atoms with Crippen molar-refractivity contribution < 1.29 is 23.8 Å². The van der Waals surface area contributed by atoms with Crippen molar-refractivity contribution in [2.45, 2.75) is 4.34 Å². The molecule has 0 bridgehead atoms. The minimum atomic E-state index is -0.212. The van der Waals surface area contributed by atoms with Crippen LogP contribution < -0.4 is 24.8 Å². The number of amides is 2. The maximum atomic E-state index is 12.5. The summed E-state index contributed by atoms with van der Waals surface area (Å²) in [4.78, 5) is 29.6. The van der Waals surface area contributed by atoms with Crippen molar-refractivity contribution in [3.63, 3.8) is 0 Å². The summed E-state index contributed by atoms with van der Waals surface area (Å²) in [5, 5.41) is 5.75. The molecule has 8 nitrogen and oxygen atoms in total. The number of benzene rings is 3. The third-order valence-electron chi connectivity index (χ3n) is 4.99. The van der Waals surface area contributed by atoms with E-state index in [-0.39, 0.29) is 17.6 Å². The SMILES string of the molecule is COc1ccc(C(=O)Nc2ccc3nc(SCC(=O)Nc4cc(OC)ccc4OC)sc3c2)cc1. The second-order valence-electron chi connectivity index (χ2n) is 7.25. The molecule has 0 atom stereocenters. The van der Waals surface area contributed by atoms with E-state index in [1.807, 2.05) is 12.1 Å². The molecule has 180 valence electrons. The van der Waals surface area contributed by atoms with Crippen LogP contribution in [0, 0.1) is 0 Å². The van der Waals surface area contributed by atoms with E-state index in [9.17, 15) is 9.59 Å². The molecule has 10 heteroatoms. The number of nitrogens with one attached hydrogen (secondary N) is 2. The van der Waals surface area contributed by atoms with Crippen molar-refractivity contribution in [1.29, 1.82) is 0 Å². The average molecular weight is 510 g/mol. The number of nitrogens with zero attached hydrogens (tertiary/aromatic N) is 1. The van der Waals surface area contributed by atoms with Crippen LogP contribution in [0.2, 0.25) is 0 Å². The van der Waals surface area contributed by atoms with Crippen LogP contribution in [-0.2, 0) is 4.79 Å². The maximum Gasteiger partial charge on any atom is 0.255 e. The minimum Gasteiger partial charge on any atom is -0.497 e. The van der Waals surface area contributed by atoms with Crippen LogP contribution in [0.5, 0.6) is 17.2 Å². The molecule has 0 saturated carbocycles. The molecular formula is C25H23N3O5S2. The Morgan fingerprint density at radius 3 is 2.34 bits per heavy atom. The van der Waals surface area contributed by atoms with Gasteiger partial charge in [0.25, 0.3) is 5.91 Å². The highest BCUT2D eigenvalue weighted by molar-refractivity contribution is 8.01. The molecule has 1 heterocycles. The minimum absolute atomic E-state index is 0.182. The number of rotatable bonds is 9. The number of anilines is 2. The Kier molecular flexibility index (Phi) is 7.74. The number of methoxy groups -OCH3 is 3. The van der Waals surface area contributed by atoms with Gasteiger partial charge in [-0.15, -0.1) is 11.3 Å². The van der Waals surface area contributed by atoms with Gasteiger partial charge in [-0.1, -0.05) is 11.8 Å². The highest BCUT2D eigenvalue weighted by Crippen LogP contribution is 2.32. The van der Waals surface area contributed by atoms with Gasteiger partial charge in [0.2, 0.25) is 5.91 Å². The summed E-state index contributed by atoms with van der Waals surface area (Å²) in [7, 11) is 4.68. The molecule has 1 aromatic heterocycles. The predicted octanol–water partition coefficient (Wildman–Crippen LogP) is 5.31. The van der Waals surface area contributed by atoms with E-state index in [2.05, 4.69) is 15.6 Å². The van der Waals surface area contributed by atoms with Gasteiger partial charge in [0.15, 0.2) is 4.34 Å². The lowest BCUT2D eigenvalue weighted by atomic mass is 10.2. The summed E-state index contributed by atoms with van der Waals surface area (Å²) >= 11 is 2.80. The number of fused-ring (bicyclic) bond motifs is 1. The van der Waals surface area contributed by atoms with E-state index in [4.69, 9.17) is 14.2 Å². The van der Waals surface area contributed by atoms with Crippen molar-refractivity contribution in [1.82, 2.24) is 4.98 Å². The van der Waals surface area contributed by atoms with E-state index >= 15 is 0 Å². The monoisotopic (exact) mass is 509 g/mol. The molecule has 0 aliphatic carbocycles. The van der Waals surface area contributed by atoms with Crippen molar-refractivity contribution in [3.8, 4) is 17.2 Å². The number of hydrogen-bond acceptors (Lipinski definition) is 8. The molecule has 0 fully saturated rings. The smallest absolute Gasteiger partial charge is 0.255 e. The number of thiazole rings is 1. The lowest BCUT2D eigenvalue weighted by Crippen LogP contribution is -2.14. The largest absolute Gasteiger partial charge is 0.497 e. The van der Waals surface area contributed by atoms with Gasteiger partial charge in [-0.25, -0.2) is 4.98 Å². The second-order valence-corrected chi connectivity index (χ2v) is 9.50. The predicted molar refractivity (Wildman–Crippen MR) is 139 cm³/mol. The van der Waals surface area contributed by atoms with Crippen LogP contribution in [0.3, 0.4) is 0 Å². The summed E-state index contributed by atoms with van der Waals surface area (Å²) in [6.07, 6.45) is 0. The number of carbonyl (C=O) groups is 2. The first kappa shape index (κ1) is 24.4. The number of hydrogen-bond donors (Lipinski definition) is 2. The molecule has 35 heavy (non-hydrogen) atoms. The molecule has 2 amide bonds. The third-order valence-corrected chi connectivity index (χ3v) is 7.15. The van der Waals surface area contributed by atoms with Crippen LogP contribution in [-0.4, -0.2) is 43.9 Å².